The molecule has 2 N–H and O–H groups in total. The highest BCUT2D eigenvalue weighted by molar-refractivity contribution is 5.82. The normalized spacial score (nSPS) is 32.2. The molecular formula is C17H18F3N3O2. The minimum absolute atomic E-state index is 0.211. The Morgan fingerprint density at radius 1 is 1.12 bits per heavy atom. The highest BCUT2D eigenvalue weighted by Gasteiger charge is 2.53. The summed E-state index contributed by atoms with van der Waals surface area (Å²) in [6.45, 7) is 0. The lowest BCUT2D eigenvalue weighted by atomic mass is 9.66. The molecule has 1 aliphatic heterocycles. The molecule has 1 aromatic heterocycles. The molecule has 1 unspecified atom stereocenters. The number of hydrogen-bond donors (Lipinski definition) is 2. The molecule has 8 heteroatoms. The van der Waals surface area contributed by atoms with Crippen LogP contribution < -0.4 is 16.1 Å². The molecule has 1 spiro atoms. The Hall–Kier alpha value is -1.77. The summed E-state index contributed by atoms with van der Waals surface area (Å²) in [7, 11) is 0. The van der Waals surface area contributed by atoms with E-state index in [1.807, 2.05) is 0 Å². The molecule has 1 aromatic carbocycles. The van der Waals surface area contributed by atoms with Gasteiger partial charge in [0, 0.05) is 11.3 Å². The molecule has 4 fully saturated rings. The first-order valence-corrected chi connectivity index (χ1v) is 8.55. The highest BCUT2D eigenvalue weighted by atomic mass is 19.4. The van der Waals surface area contributed by atoms with Gasteiger partial charge in [0.2, 0.25) is 5.76 Å². The predicted octanol–water partition coefficient (Wildman–Crippen LogP) is 4.12. The quantitative estimate of drug-likeness (QED) is 0.808. The van der Waals surface area contributed by atoms with E-state index in [2.05, 4.69) is 11.0 Å². The molecule has 2 heterocycles. The van der Waals surface area contributed by atoms with Gasteiger partial charge in [-0.2, -0.15) is 18.6 Å². The van der Waals surface area contributed by atoms with Crippen LogP contribution in [0, 0.1) is 11.8 Å². The second kappa shape index (κ2) is 5.12. The van der Waals surface area contributed by atoms with Crippen LogP contribution in [0.2, 0.25) is 0 Å². The van der Waals surface area contributed by atoms with Crippen molar-refractivity contribution in [3.8, 4) is 0 Å². The van der Waals surface area contributed by atoms with Gasteiger partial charge >= 0.3 is 6.18 Å². The van der Waals surface area contributed by atoms with E-state index in [1.54, 1.807) is 23.3 Å². The molecule has 0 radical (unpaired) electrons. The van der Waals surface area contributed by atoms with Gasteiger partial charge in [-0.15, -0.1) is 0 Å². The lowest BCUT2D eigenvalue weighted by molar-refractivity contribution is -0.153. The minimum Gasteiger partial charge on any atom is -0.451 e. The van der Waals surface area contributed by atoms with E-state index in [-0.39, 0.29) is 5.58 Å². The molecule has 1 saturated heterocycles. The van der Waals surface area contributed by atoms with E-state index in [0.29, 0.717) is 22.9 Å². The molecule has 0 amide bonds. The summed E-state index contributed by atoms with van der Waals surface area (Å²) >= 11 is 0. The van der Waals surface area contributed by atoms with Crippen molar-refractivity contribution < 1.29 is 22.4 Å². The zero-order valence-corrected chi connectivity index (χ0v) is 13.4. The van der Waals surface area contributed by atoms with Gasteiger partial charge < -0.3 is 4.42 Å². The van der Waals surface area contributed by atoms with Gasteiger partial charge in [0.15, 0.2) is 5.72 Å². The third-order valence-corrected chi connectivity index (χ3v) is 5.76. The first-order chi connectivity index (χ1) is 11.9. The van der Waals surface area contributed by atoms with Crippen LogP contribution in [0.4, 0.5) is 18.9 Å². The van der Waals surface area contributed by atoms with E-state index >= 15 is 0 Å². The van der Waals surface area contributed by atoms with Crippen LogP contribution in [0.1, 0.15) is 37.9 Å². The Morgan fingerprint density at radius 2 is 1.92 bits per heavy atom. The van der Waals surface area contributed by atoms with Crippen molar-refractivity contribution in [2.45, 2.75) is 44.0 Å². The molecule has 4 aliphatic rings. The molecule has 1 atom stereocenters. The molecule has 2 bridgehead atoms. The third kappa shape index (κ3) is 2.43. The van der Waals surface area contributed by atoms with Crippen LogP contribution in [0.5, 0.6) is 0 Å². The number of rotatable bonds is 1. The SMILES string of the molecule is FC(F)(F)c1cc2cc(N3NOC4(CC5CCC4CC5)N3)ccc2o1. The van der Waals surface area contributed by atoms with Crippen LogP contribution in [0.25, 0.3) is 11.0 Å². The number of benzene rings is 1. The Balaban J connectivity index is 1.42. The monoisotopic (exact) mass is 353 g/mol. The largest absolute Gasteiger partial charge is 0.451 e. The first kappa shape index (κ1) is 15.5. The average Bonchev–Trinajstić information content (AvgIpc) is 3.19. The summed E-state index contributed by atoms with van der Waals surface area (Å²) in [5.74, 6) is 0.133. The molecular weight excluding hydrogens is 335 g/mol. The van der Waals surface area contributed by atoms with Gasteiger partial charge in [-0.05, 0) is 62.3 Å². The van der Waals surface area contributed by atoms with E-state index in [0.717, 1.165) is 25.3 Å². The number of furan rings is 1. The predicted molar refractivity (Wildman–Crippen MR) is 83.8 cm³/mol. The fourth-order valence-electron chi connectivity index (χ4n) is 4.48. The maximum atomic E-state index is 12.8. The summed E-state index contributed by atoms with van der Waals surface area (Å²) < 4.78 is 43.3. The van der Waals surface area contributed by atoms with Gasteiger partial charge in [0.25, 0.3) is 0 Å². The second-order valence-electron chi connectivity index (χ2n) is 7.28. The van der Waals surface area contributed by atoms with Crippen LogP contribution in [-0.2, 0) is 11.0 Å². The number of fused-ring (bicyclic) bond motifs is 3. The Bertz CT molecular complexity index is 813. The molecule has 6 rings (SSSR count). The van der Waals surface area contributed by atoms with Crippen molar-refractivity contribution in [2.24, 2.45) is 11.8 Å². The summed E-state index contributed by atoms with van der Waals surface area (Å²) in [5, 5.41) is 2.06. The topological polar surface area (TPSA) is 49.7 Å². The number of anilines is 1. The zero-order chi connectivity index (χ0) is 17.2. The average molecular weight is 353 g/mol. The molecule has 5 nitrogen and oxygen atoms in total. The summed E-state index contributed by atoms with van der Waals surface area (Å²) in [6.07, 6.45) is 1.24. The van der Waals surface area contributed by atoms with Crippen molar-refractivity contribution in [3.63, 3.8) is 0 Å². The molecule has 2 aromatic rings. The summed E-state index contributed by atoms with van der Waals surface area (Å²) in [5.41, 5.74) is 6.77. The summed E-state index contributed by atoms with van der Waals surface area (Å²) in [4.78, 5) is 5.92. The Kier molecular flexibility index (Phi) is 3.17. The van der Waals surface area contributed by atoms with Crippen molar-refractivity contribution in [1.82, 2.24) is 11.0 Å². The van der Waals surface area contributed by atoms with Gasteiger partial charge in [0.1, 0.15) is 5.58 Å². The highest BCUT2D eigenvalue weighted by Crippen LogP contribution is 2.49. The molecule has 3 aliphatic carbocycles. The number of hydrazine groups is 2. The first-order valence-electron chi connectivity index (χ1n) is 8.55. The number of halogens is 3. The van der Waals surface area contributed by atoms with Crippen molar-refractivity contribution >= 4 is 16.7 Å². The van der Waals surface area contributed by atoms with Crippen molar-refractivity contribution in [1.29, 1.82) is 0 Å². The number of nitrogens with zero attached hydrogens (tertiary/aromatic N) is 1. The standard InChI is InChI=1S/C17H18F3N3O2/c18-17(19,20)15-8-11-7-13(5-6-14(11)24-15)23-21-16(25-22-23)9-10-1-3-12(16)4-2-10/h5-8,10,12,21-22H,1-4,9H2. The van der Waals surface area contributed by atoms with Gasteiger partial charge in [-0.1, -0.05) is 5.59 Å². The van der Waals surface area contributed by atoms with Gasteiger partial charge in [0.05, 0.1) is 5.69 Å². The van der Waals surface area contributed by atoms with Crippen LogP contribution in [-0.4, -0.2) is 5.72 Å². The van der Waals surface area contributed by atoms with Gasteiger partial charge in [-0.25, -0.2) is 5.12 Å². The second-order valence-corrected chi connectivity index (χ2v) is 7.28. The van der Waals surface area contributed by atoms with E-state index < -0.39 is 17.7 Å². The Morgan fingerprint density at radius 3 is 2.60 bits per heavy atom. The lowest BCUT2D eigenvalue weighted by Crippen LogP contribution is -2.57. The molecule has 25 heavy (non-hydrogen) atoms. The smallest absolute Gasteiger partial charge is 0.449 e. The van der Waals surface area contributed by atoms with Crippen molar-refractivity contribution in [3.05, 3.63) is 30.0 Å². The maximum absolute atomic E-state index is 12.8. The third-order valence-electron chi connectivity index (χ3n) is 5.76. The zero-order valence-electron chi connectivity index (χ0n) is 13.4. The van der Waals surface area contributed by atoms with Crippen LogP contribution in [0.3, 0.4) is 0 Å². The maximum Gasteiger partial charge on any atom is 0.449 e. The number of nitrogens with one attached hydrogen (secondary N) is 2. The van der Waals surface area contributed by atoms with Crippen LogP contribution in [0.15, 0.2) is 28.7 Å². The van der Waals surface area contributed by atoms with E-state index in [1.165, 1.54) is 12.8 Å². The fraction of sp³-hybridized carbons (Fsp3) is 0.529. The van der Waals surface area contributed by atoms with Gasteiger partial charge in [-0.3, -0.25) is 4.84 Å². The van der Waals surface area contributed by atoms with Crippen molar-refractivity contribution in [2.75, 3.05) is 5.12 Å². The minimum atomic E-state index is -4.49. The fourth-order valence-corrected chi connectivity index (χ4v) is 4.48. The lowest BCUT2D eigenvalue weighted by Gasteiger charge is -2.47. The summed E-state index contributed by atoms with van der Waals surface area (Å²) in [6, 6.07) is 5.92. The van der Waals surface area contributed by atoms with Crippen LogP contribution >= 0.6 is 0 Å². The van der Waals surface area contributed by atoms with E-state index in [9.17, 15) is 13.2 Å². The Labute approximate surface area is 142 Å². The van der Waals surface area contributed by atoms with E-state index in [4.69, 9.17) is 9.25 Å². The number of hydrogen-bond acceptors (Lipinski definition) is 5. The molecule has 134 valence electrons. The molecule has 3 saturated carbocycles. The number of alkyl halides is 3.